The summed E-state index contributed by atoms with van der Waals surface area (Å²) in [5.41, 5.74) is 5.09. The van der Waals surface area contributed by atoms with Crippen molar-refractivity contribution >= 4 is 22.6 Å². The number of carbonyl (C=O) groups is 2. The number of benzene rings is 3. The van der Waals surface area contributed by atoms with Gasteiger partial charge in [0.2, 0.25) is 0 Å². The molecule has 0 saturated carbocycles. The smallest absolute Gasteiger partial charge is 0.279 e. The van der Waals surface area contributed by atoms with Crippen LogP contribution in [0.15, 0.2) is 60.7 Å². The summed E-state index contributed by atoms with van der Waals surface area (Å²) in [4.78, 5) is 24.8. The second kappa shape index (κ2) is 9.84. The average molecular weight is 422 g/mol. The molecule has 2 N–H and O–H groups in total. The van der Waals surface area contributed by atoms with Crippen LogP contribution in [0.5, 0.6) is 17.2 Å². The molecular weight excluding hydrogens is 396 g/mol. The maximum atomic E-state index is 12.4. The van der Waals surface area contributed by atoms with Crippen molar-refractivity contribution in [3.8, 4) is 17.2 Å². The van der Waals surface area contributed by atoms with Gasteiger partial charge in [-0.3, -0.25) is 20.4 Å². The number of amides is 2. The first kappa shape index (κ1) is 22.0. The van der Waals surface area contributed by atoms with Crippen LogP contribution in [0.3, 0.4) is 0 Å². The third-order valence-electron chi connectivity index (χ3n) is 4.49. The van der Waals surface area contributed by atoms with Crippen LogP contribution >= 0.6 is 0 Å². The van der Waals surface area contributed by atoms with Crippen LogP contribution in [0, 0.1) is 0 Å². The van der Waals surface area contributed by atoms with Crippen LogP contribution in [-0.2, 0) is 4.79 Å². The van der Waals surface area contributed by atoms with Crippen molar-refractivity contribution in [1.82, 2.24) is 10.9 Å². The highest BCUT2D eigenvalue weighted by Gasteiger charge is 2.17. The fourth-order valence-corrected chi connectivity index (χ4v) is 2.95. The summed E-state index contributed by atoms with van der Waals surface area (Å²) in [7, 11) is 1.50. The van der Waals surface area contributed by atoms with E-state index in [2.05, 4.69) is 10.9 Å². The Balaban J connectivity index is 1.58. The van der Waals surface area contributed by atoms with Gasteiger partial charge in [0.1, 0.15) is 5.75 Å². The zero-order valence-corrected chi connectivity index (χ0v) is 18.0. The second-order valence-electron chi connectivity index (χ2n) is 7.24. The highest BCUT2D eigenvalue weighted by molar-refractivity contribution is 5.96. The topological polar surface area (TPSA) is 85.9 Å². The van der Waals surface area contributed by atoms with E-state index in [1.807, 2.05) is 50.2 Å². The van der Waals surface area contributed by atoms with Crippen LogP contribution in [0.25, 0.3) is 10.8 Å². The molecule has 0 aliphatic heterocycles. The zero-order valence-electron chi connectivity index (χ0n) is 18.0. The highest BCUT2D eigenvalue weighted by atomic mass is 16.5. The maximum absolute atomic E-state index is 12.4. The molecule has 7 heteroatoms. The lowest BCUT2D eigenvalue weighted by molar-refractivity contribution is -0.128. The van der Waals surface area contributed by atoms with E-state index in [0.29, 0.717) is 22.8 Å². The molecule has 7 nitrogen and oxygen atoms in total. The number of rotatable bonds is 7. The summed E-state index contributed by atoms with van der Waals surface area (Å²) in [6.45, 7) is 5.41. The van der Waals surface area contributed by atoms with Crippen molar-refractivity contribution < 1.29 is 23.8 Å². The molecule has 0 spiro atoms. The molecule has 2 amide bonds. The molecule has 0 aliphatic carbocycles. The Morgan fingerprint density at radius 3 is 2.26 bits per heavy atom. The molecule has 0 saturated heterocycles. The fourth-order valence-electron chi connectivity index (χ4n) is 2.95. The summed E-state index contributed by atoms with van der Waals surface area (Å²) >= 11 is 0. The van der Waals surface area contributed by atoms with E-state index < -0.39 is 17.9 Å². The number of fused-ring (bicyclic) bond motifs is 1. The fraction of sp³-hybridized carbons (Fsp3) is 0.250. The standard InChI is InChI=1S/C24H26N2O5/c1-15(2)30-21-12-10-19(14-22(21)29-4)24(28)26-25-23(27)16(3)31-20-11-9-17-7-5-6-8-18(17)13-20/h5-16H,1-4H3,(H,25,27)(H,26,28). The van der Waals surface area contributed by atoms with Gasteiger partial charge < -0.3 is 14.2 Å². The minimum absolute atomic E-state index is 0.0306. The van der Waals surface area contributed by atoms with E-state index in [1.165, 1.54) is 7.11 Å². The summed E-state index contributed by atoms with van der Waals surface area (Å²) in [5.74, 6) is 0.572. The van der Waals surface area contributed by atoms with Crippen LogP contribution in [0.4, 0.5) is 0 Å². The molecule has 0 radical (unpaired) electrons. The van der Waals surface area contributed by atoms with Gasteiger partial charge in [0.15, 0.2) is 17.6 Å². The lowest BCUT2D eigenvalue weighted by Crippen LogP contribution is -2.47. The van der Waals surface area contributed by atoms with Crippen molar-refractivity contribution in [3.05, 3.63) is 66.2 Å². The minimum Gasteiger partial charge on any atom is -0.493 e. The van der Waals surface area contributed by atoms with Crippen molar-refractivity contribution in [3.63, 3.8) is 0 Å². The first-order chi connectivity index (χ1) is 14.9. The predicted octanol–water partition coefficient (Wildman–Crippen LogP) is 3.86. The first-order valence-electron chi connectivity index (χ1n) is 9.97. The number of carbonyl (C=O) groups excluding carboxylic acids is 2. The van der Waals surface area contributed by atoms with Gasteiger partial charge in [0.05, 0.1) is 13.2 Å². The molecule has 1 atom stereocenters. The summed E-state index contributed by atoms with van der Waals surface area (Å²) in [6.07, 6.45) is -0.838. The summed E-state index contributed by atoms with van der Waals surface area (Å²) in [5, 5.41) is 2.10. The molecule has 0 aliphatic rings. The van der Waals surface area contributed by atoms with Crippen molar-refractivity contribution in [1.29, 1.82) is 0 Å². The molecular formula is C24H26N2O5. The molecule has 3 aromatic carbocycles. The Morgan fingerprint density at radius 2 is 1.55 bits per heavy atom. The molecule has 3 aromatic rings. The van der Waals surface area contributed by atoms with Crippen LogP contribution in [0.1, 0.15) is 31.1 Å². The molecule has 31 heavy (non-hydrogen) atoms. The second-order valence-corrected chi connectivity index (χ2v) is 7.24. The van der Waals surface area contributed by atoms with Gasteiger partial charge in [-0.05, 0) is 61.9 Å². The predicted molar refractivity (Wildman–Crippen MR) is 118 cm³/mol. The van der Waals surface area contributed by atoms with E-state index >= 15 is 0 Å². The van der Waals surface area contributed by atoms with Crippen LogP contribution in [0.2, 0.25) is 0 Å². The maximum Gasteiger partial charge on any atom is 0.279 e. The molecule has 1 unspecified atom stereocenters. The Kier molecular flexibility index (Phi) is 6.97. The number of nitrogens with one attached hydrogen (secondary N) is 2. The molecule has 0 heterocycles. The largest absolute Gasteiger partial charge is 0.493 e. The van der Waals surface area contributed by atoms with Crippen molar-refractivity contribution in [2.75, 3.05) is 7.11 Å². The number of hydrazine groups is 1. The van der Waals surface area contributed by atoms with Crippen LogP contribution < -0.4 is 25.1 Å². The Labute approximate surface area is 181 Å². The number of ether oxygens (including phenoxy) is 3. The zero-order chi connectivity index (χ0) is 22.4. The normalized spacial score (nSPS) is 11.6. The van der Waals surface area contributed by atoms with Gasteiger partial charge in [0.25, 0.3) is 11.8 Å². The summed E-state index contributed by atoms with van der Waals surface area (Å²) in [6, 6.07) is 18.3. The van der Waals surface area contributed by atoms with Crippen LogP contribution in [-0.4, -0.2) is 31.1 Å². The molecule has 0 bridgehead atoms. The highest BCUT2D eigenvalue weighted by Crippen LogP contribution is 2.29. The molecule has 3 rings (SSSR count). The quantitative estimate of drug-likeness (QED) is 0.565. The minimum atomic E-state index is -0.808. The lowest BCUT2D eigenvalue weighted by atomic mass is 10.1. The van der Waals surface area contributed by atoms with Crippen molar-refractivity contribution in [2.24, 2.45) is 0 Å². The van der Waals surface area contributed by atoms with Crippen molar-refractivity contribution in [2.45, 2.75) is 33.0 Å². The van der Waals surface area contributed by atoms with Gasteiger partial charge in [0, 0.05) is 5.56 Å². The first-order valence-corrected chi connectivity index (χ1v) is 9.97. The van der Waals surface area contributed by atoms with E-state index in [9.17, 15) is 9.59 Å². The number of hydrogen-bond acceptors (Lipinski definition) is 5. The SMILES string of the molecule is COc1cc(C(=O)NNC(=O)C(C)Oc2ccc3ccccc3c2)ccc1OC(C)C. The van der Waals surface area contributed by atoms with E-state index in [-0.39, 0.29) is 6.10 Å². The van der Waals surface area contributed by atoms with E-state index in [4.69, 9.17) is 14.2 Å². The third-order valence-corrected chi connectivity index (χ3v) is 4.49. The molecule has 0 fully saturated rings. The number of methoxy groups -OCH3 is 1. The van der Waals surface area contributed by atoms with Gasteiger partial charge >= 0.3 is 0 Å². The lowest BCUT2D eigenvalue weighted by Gasteiger charge is -2.16. The Morgan fingerprint density at radius 1 is 0.806 bits per heavy atom. The molecule has 0 aromatic heterocycles. The van der Waals surface area contributed by atoms with Gasteiger partial charge in [-0.15, -0.1) is 0 Å². The van der Waals surface area contributed by atoms with E-state index in [0.717, 1.165) is 10.8 Å². The monoisotopic (exact) mass is 422 g/mol. The third kappa shape index (κ3) is 5.66. The van der Waals surface area contributed by atoms with Gasteiger partial charge in [-0.25, -0.2) is 0 Å². The van der Waals surface area contributed by atoms with Gasteiger partial charge in [-0.2, -0.15) is 0 Å². The van der Waals surface area contributed by atoms with E-state index in [1.54, 1.807) is 31.2 Å². The average Bonchev–Trinajstić information content (AvgIpc) is 2.76. The number of hydrogen-bond donors (Lipinski definition) is 2. The molecule has 162 valence electrons. The Hall–Kier alpha value is -3.74. The van der Waals surface area contributed by atoms with Gasteiger partial charge in [-0.1, -0.05) is 30.3 Å². The summed E-state index contributed by atoms with van der Waals surface area (Å²) < 4.78 is 16.6. The Bertz CT molecular complexity index is 1080.